The summed E-state index contributed by atoms with van der Waals surface area (Å²) in [5.41, 5.74) is 3.05. The minimum Gasteiger partial charge on any atom is -0.349 e. The normalized spacial score (nSPS) is 23.1. The molecule has 2 fully saturated rings. The third-order valence-electron chi connectivity index (χ3n) is 6.60. The van der Waals surface area contributed by atoms with Crippen molar-refractivity contribution in [3.8, 4) is 5.69 Å². The average Bonchev–Trinajstić information content (AvgIpc) is 3.36. The summed E-state index contributed by atoms with van der Waals surface area (Å²) in [6.45, 7) is 1.02. The van der Waals surface area contributed by atoms with Crippen LogP contribution in [0.4, 0.5) is 0 Å². The topological polar surface area (TPSA) is 50.2 Å². The molecule has 1 amide bonds. The smallest absolute Gasteiger partial charge is 0.251 e. The van der Waals surface area contributed by atoms with Crippen LogP contribution in [-0.2, 0) is 6.54 Å². The lowest BCUT2D eigenvalue weighted by molar-refractivity contribution is 0.0828. The van der Waals surface area contributed by atoms with Gasteiger partial charge in [0.15, 0.2) is 5.16 Å². The molecule has 3 heterocycles. The highest BCUT2D eigenvalue weighted by Gasteiger charge is 2.40. The van der Waals surface area contributed by atoms with Crippen molar-refractivity contribution >= 4 is 17.7 Å². The summed E-state index contributed by atoms with van der Waals surface area (Å²) in [4.78, 5) is 20.1. The van der Waals surface area contributed by atoms with E-state index >= 15 is 0 Å². The zero-order valence-electron chi connectivity index (χ0n) is 17.8. The summed E-state index contributed by atoms with van der Waals surface area (Å²) in [5, 5.41) is 4.24. The molecule has 2 saturated heterocycles. The largest absolute Gasteiger partial charge is 0.349 e. The van der Waals surface area contributed by atoms with E-state index < -0.39 is 0 Å². The molecule has 160 valence electrons. The van der Waals surface area contributed by atoms with Gasteiger partial charge < -0.3 is 5.32 Å². The number of thioether (sulfide) groups is 1. The van der Waals surface area contributed by atoms with Crippen molar-refractivity contribution in [1.29, 1.82) is 0 Å². The van der Waals surface area contributed by atoms with Gasteiger partial charge in [-0.3, -0.25) is 14.3 Å². The summed E-state index contributed by atoms with van der Waals surface area (Å²) in [7, 11) is 0. The first-order valence-electron chi connectivity index (χ1n) is 11.0. The Morgan fingerprint density at radius 3 is 2.61 bits per heavy atom. The number of amides is 1. The van der Waals surface area contributed by atoms with Crippen LogP contribution in [0.3, 0.4) is 0 Å². The fourth-order valence-corrected chi connectivity index (χ4v) is 5.68. The van der Waals surface area contributed by atoms with E-state index in [0.29, 0.717) is 17.6 Å². The number of hydrogen-bond donors (Lipinski definition) is 1. The lowest BCUT2D eigenvalue weighted by Crippen LogP contribution is -2.50. The van der Waals surface area contributed by atoms with Crippen LogP contribution in [0.25, 0.3) is 5.69 Å². The van der Waals surface area contributed by atoms with Gasteiger partial charge in [-0.2, -0.15) is 0 Å². The molecule has 5 rings (SSSR count). The second-order valence-electron chi connectivity index (χ2n) is 8.52. The van der Waals surface area contributed by atoms with Crippen LogP contribution in [0.15, 0.2) is 72.1 Å². The number of benzene rings is 2. The number of carbonyl (C=O) groups excluding carboxylic acids is 1. The fraction of sp³-hybridized carbons (Fsp3) is 0.360. The van der Waals surface area contributed by atoms with Gasteiger partial charge >= 0.3 is 0 Å². The number of carbonyl (C=O) groups is 1. The molecule has 2 atom stereocenters. The SMILES string of the molecule is CSc1nccn1-c1cccc(C(=O)NC2CC3CCC(C2)N3Cc2ccccc2)c1. The average molecular weight is 433 g/mol. The number of hydrogen-bond acceptors (Lipinski definition) is 4. The van der Waals surface area contributed by atoms with E-state index in [-0.39, 0.29) is 11.9 Å². The number of fused-ring (bicyclic) bond motifs is 2. The molecule has 1 N–H and O–H groups in total. The molecule has 2 aliphatic rings. The van der Waals surface area contributed by atoms with Gasteiger partial charge in [0.1, 0.15) is 0 Å². The molecule has 2 unspecified atom stereocenters. The zero-order valence-corrected chi connectivity index (χ0v) is 18.6. The molecule has 2 aliphatic heterocycles. The third-order valence-corrected chi connectivity index (χ3v) is 7.27. The molecule has 1 aromatic heterocycles. The number of rotatable bonds is 6. The lowest BCUT2D eigenvalue weighted by atomic mass is 9.96. The maximum absolute atomic E-state index is 13.0. The molecular formula is C25H28N4OS. The zero-order chi connectivity index (χ0) is 21.2. The maximum Gasteiger partial charge on any atom is 0.251 e. The fourth-order valence-electron chi connectivity index (χ4n) is 5.15. The second-order valence-corrected chi connectivity index (χ2v) is 9.29. The molecule has 0 saturated carbocycles. The van der Waals surface area contributed by atoms with E-state index in [2.05, 4.69) is 45.5 Å². The minimum absolute atomic E-state index is 0.0218. The Kier molecular flexibility index (Phi) is 5.83. The highest BCUT2D eigenvalue weighted by Crippen LogP contribution is 2.37. The Labute approximate surface area is 187 Å². The van der Waals surface area contributed by atoms with Gasteiger partial charge in [-0.15, -0.1) is 0 Å². The monoisotopic (exact) mass is 432 g/mol. The molecule has 0 aliphatic carbocycles. The van der Waals surface area contributed by atoms with Crippen LogP contribution < -0.4 is 5.32 Å². The third kappa shape index (κ3) is 4.27. The molecule has 6 heteroatoms. The van der Waals surface area contributed by atoms with Crippen LogP contribution in [0, 0.1) is 0 Å². The van der Waals surface area contributed by atoms with Crippen LogP contribution >= 0.6 is 11.8 Å². The standard InChI is InChI=1S/C25H28N4OS/c1-31-25-26-12-13-28(25)21-9-5-8-19(14-21)24(30)27-20-15-22-10-11-23(16-20)29(22)17-18-6-3-2-4-7-18/h2-9,12-14,20,22-23H,10-11,15-17H2,1H3,(H,27,30). The predicted octanol–water partition coefficient (Wildman–Crippen LogP) is 4.52. The van der Waals surface area contributed by atoms with E-state index in [1.807, 2.05) is 41.3 Å². The number of imidazole rings is 1. The molecule has 2 aromatic carbocycles. The highest BCUT2D eigenvalue weighted by atomic mass is 32.2. The number of piperidine rings is 1. The molecule has 3 aromatic rings. The Morgan fingerprint density at radius 2 is 1.87 bits per heavy atom. The summed E-state index contributed by atoms with van der Waals surface area (Å²) in [5.74, 6) is 0.0218. The van der Waals surface area contributed by atoms with Crippen LogP contribution in [0.5, 0.6) is 0 Å². The summed E-state index contributed by atoms with van der Waals surface area (Å²) in [6.07, 6.45) is 10.3. The quantitative estimate of drug-likeness (QED) is 0.582. The van der Waals surface area contributed by atoms with Crippen molar-refractivity contribution in [3.63, 3.8) is 0 Å². The first kappa shape index (κ1) is 20.3. The van der Waals surface area contributed by atoms with Gasteiger partial charge in [0.2, 0.25) is 0 Å². The van der Waals surface area contributed by atoms with Crippen molar-refractivity contribution in [2.24, 2.45) is 0 Å². The first-order valence-corrected chi connectivity index (χ1v) is 12.2. The van der Waals surface area contributed by atoms with Crippen molar-refractivity contribution in [1.82, 2.24) is 19.8 Å². The van der Waals surface area contributed by atoms with E-state index in [9.17, 15) is 4.79 Å². The van der Waals surface area contributed by atoms with E-state index in [0.717, 1.165) is 30.2 Å². The van der Waals surface area contributed by atoms with E-state index in [4.69, 9.17) is 0 Å². The van der Waals surface area contributed by atoms with Crippen LogP contribution in [0.1, 0.15) is 41.6 Å². The Hall–Kier alpha value is -2.57. The second kappa shape index (κ2) is 8.89. The molecule has 0 radical (unpaired) electrons. The van der Waals surface area contributed by atoms with Crippen molar-refractivity contribution in [2.45, 2.75) is 55.5 Å². The van der Waals surface area contributed by atoms with Gasteiger partial charge in [-0.1, -0.05) is 48.2 Å². The minimum atomic E-state index is 0.0218. The van der Waals surface area contributed by atoms with Crippen molar-refractivity contribution in [3.05, 3.63) is 78.1 Å². The molecule has 31 heavy (non-hydrogen) atoms. The van der Waals surface area contributed by atoms with Crippen molar-refractivity contribution in [2.75, 3.05) is 6.26 Å². The maximum atomic E-state index is 13.0. The van der Waals surface area contributed by atoms with E-state index in [1.165, 1.54) is 18.4 Å². The summed E-state index contributed by atoms with van der Waals surface area (Å²) < 4.78 is 2.02. The summed E-state index contributed by atoms with van der Waals surface area (Å²) >= 11 is 1.59. The first-order chi connectivity index (χ1) is 15.2. The van der Waals surface area contributed by atoms with Gasteiger partial charge in [0.05, 0.1) is 0 Å². The lowest BCUT2D eigenvalue weighted by Gasteiger charge is -2.39. The predicted molar refractivity (Wildman–Crippen MR) is 125 cm³/mol. The van der Waals surface area contributed by atoms with Crippen molar-refractivity contribution < 1.29 is 4.79 Å². The number of aromatic nitrogens is 2. The molecule has 0 spiro atoms. The summed E-state index contributed by atoms with van der Waals surface area (Å²) in [6, 6.07) is 19.9. The Balaban J connectivity index is 1.25. The molecule has 2 bridgehead atoms. The number of nitrogens with zero attached hydrogens (tertiary/aromatic N) is 3. The van der Waals surface area contributed by atoms with Gasteiger partial charge in [0.25, 0.3) is 5.91 Å². The molecular weight excluding hydrogens is 404 g/mol. The van der Waals surface area contributed by atoms with Gasteiger partial charge in [0, 0.05) is 48.3 Å². The van der Waals surface area contributed by atoms with Gasteiger partial charge in [-0.25, -0.2) is 4.98 Å². The number of nitrogens with one attached hydrogen (secondary N) is 1. The van der Waals surface area contributed by atoms with E-state index in [1.54, 1.807) is 18.0 Å². The van der Waals surface area contributed by atoms with Gasteiger partial charge in [-0.05, 0) is 55.7 Å². The highest BCUT2D eigenvalue weighted by molar-refractivity contribution is 7.98. The Bertz CT molecular complexity index is 1040. The van der Waals surface area contributed by atoms with Crippen LogP contribution in [0.2, 0.25) is 0 Å². The Morgan fingerprint density at radius 1 is 1.10 bits per heavy atom. The molecule has 5 nitrogen and oxygen atoms in total. The van der Waals surface area contributed by atoms with Crippen LogP contribution in [-0.4, -0.2) is 44.7 Å².